The lowest BCUT2D eigenvalue weighted by Gasteiger charge is -2.12. The molecular weight excluding hydrogens is 448 g/mol. The number of hydrogen-bond donors (Lipinski definition) is 2. The van der Waals surface area contributed by atoms with Crippen molar-refractivity contribution in [1.82, 2.24) is 9.88 Å². The highest BCUT2D eigenvalue weighted by atomic mass is 16.5. The Balaban J connectivity index is 1.69. The maximum Gasteiger partial charge on any atom is 0.335 e. The van der Waals surface area contributed by atoms with Gasteiger partial charge in [0.2, 0.25) is 0 Å². The fourth-order valence-corrected chi connectivity index (χ4v) is 4.71. The normalized spacial score (nSPS) is 13.3. The summed E-state index contributed by atoms with van der Waals surface area (Å²) in [6, 6.07) is 12.0. The first kappa shape index (κ1) is 24.2. The number of allylic oxidation sites excluding steroid dienone is 1. The lowest BCUT2D eigenvalue weighted by atomic mass is 9.97. The van der Waals surface area contributed by atoms with Gasteiger partial charge in [0, 0.05) is 46.9 Å². The predicted molar refractivity (Wildman–Crippen MR) is 132 cm³/mol. The smallest absolute Gasteiger partial charge is 0.335 e. The Labute approximate surface area is 203 Å². The predicted octanol–water partition coefficient (Wildman–Crippen LogP) is 3.97. The Morgan fingerprint density at radius 3 is 2.40 bits per heavy atom. The minimum atomic E-state index is -1.00. The van der Waals surface area contributed by atoms with E-state index in [-0.39, 0.29) is 23.9 Å². The number of benzene rings is 2. The summed E-state index contributed by atoms with van der Waals surface area (Å²) < 4.78 is 12.1. The number of rotatable bonds is 9. The summed E-state index contributed by atoms with van der Waals surface area (Å²) in [7, 11) is 4.82. The molecular formula is C27H28N2O6. The fourth-order valence-electron chi connectivity index (χ4n) is 4.71. The number of aromatic nitrogens is 1. The van der Waals surface area contributed by atoms with E-state index in [4.69, 9.17) is 9.47 Å². The van der Waals surface area contributed by atoms with Crippen LogP contribution >= 0.6 is 0 Å². The van der Waals surface area contributed by atoms with Gasteiger partial charge in [-0.25, -0.2) is 9.59 Å². The van der Waals surface area contributed by atoms with E-state index in [0.717, 1.165) is 40.6 Å². The van der Waals surface area contributed by atoms with E-state index in [1.807, 2.05) is 11.6 Å². The molecule has 0 fully saturated rings. The maximum absolute atomic E-state index is 12.7. The third-order valence-corrected chi connectivity index (χ3v) is 6.51. The molecule has 0 amide bonds. The Morgan fingerprint density at radius 2 is 1.74 bits per heavy atom. The van der Waals surface area contributed by atoms with Gasteiger partial charge in [0.15, 0.2) is 5.78 Å². The minimum Gasteiger partial charge on any atom is -0.497 e. The zero-order valence-corrected chi connectivity index (χ0v) is 20.0. The molecule has 8 nitrogen and oxygen atoms in total. The molecule has 0 unspecified atom stereocenters. The maximum atomic E-state index is 12.7. The molecule has 35 heavy (non-hydrogen) atoms. The van der Waals surface area contributed by atoms with E-state index in [9.17, 15) is 19.5 Å². The van der Waals surface area contributed by atoms with Gasteiger partial charge in [-0.1, -0.05) is 6.07 Å². The number of Topliss-reactive ketones (excluding diaryl/α,β-unsaturated/α-hetero) is 1. The van der Waals surface area contributed by atoms with Gasteiger partial charge in [0.05, 0.1) is 26.3 Å². The Bertz CT molecular complexity index is 1330. The highest BCUT2D eigenvalue weighted by molar-refractivity contribution is 6.05. The molecule has 2 N–H and O–H groups in total. The molecule has 0 aliphatic heterocycles. The standard InChI is InChI=1S/C27H28N2O6/c1-29-22-13-17(26(31)32)9-12-21(22)25(19-5-4-6-20(19)27(33)35-3)23(29)14-28-15-24(30)16-7-10-18(34-2)11-8-16/h7-13,28H,4-6,14-15H2,1-3H3,(H,31,32). The van der Waals surface area contributed by atoms with E-state index < -0.39 is 5.97 Å². The van der Waals surface area contributed by atoms with E-state index in [0.29, 0.717) is 29.9 Å². The highest BCUT2D eigenvalue weighted by Crippen LogP contribution is 2.41. The SMILES string of the molecule is COC(=O)C1=C(c2c(CNCC(=O)c3ccc(OC)cc3)n(C)c3cc(C(=O)O)ccc23)CCC1. The average molecular weight is 477 g/mol. The van der Waals surface area contributed by atoms with E-state index >= 15 is 0 Å². The van der Waals surface area contributed by atoms with Gasteiger partial charge in [-0.2, -0.15) is 0 Å². The molecule has 0 spiro atoms. The van der Waals surface area contributed by atoms with Crippen molar-refractivity contribution in [2.24, 2.45) is 7.05 Å². The van der Waals surface area contributed by atoms with Crippen LogP contribution in [0, 0.1) is 0 Å². The number of carbonyl (C=O) groups is 3. The molecule has 1 aliphatic rings. The molecule has 182 valence electrons. The number of carboxylic acid groups (broad SMARTS) is 1. The molecule has 0 atom stereocenters. The second-order valence-electron chi connectivity index (χ2n) is 8.48. The minimum absolute atomic E-state index is 0.0588. The van der Waals surface area contributed by atoms with Crippen molar-refractivity contribution in [2.45, 2.75) is 25.8 Å². The summed E-state index contributed by atoms with van der Waals surface area (Å²) in [5.74, 6) is -0.724. The third kappa shape index (κ3) is 4.70. The van der Waals surface area contributed by atoms with Crippen molar-refractivity contribution in [3.05, 3.63) is 70.4 Å². The Hall–Kier alpha value is -3.91. The number of nitrogens with one attached hydrogen (secondary N) is 1. The van der Waals surface area contributed by atoms with Crippen LogP contribution in [0.1, 0.15) is 51.2 Å². The lowest BCUT2D eigenvalue weighted by molar-refractivity contribution is -0.136. The third-order valence-electron chi connectivity index (χ3n) is 6.51. The van der Waals surface area contributed by atoms with Crippen LogP contribution in [-0.2, 0) is 23.1 Å². The Morgan fingerprint density at radius 1 is 1.03 bits per heavy atom. The number of nitrogens with zero attached hydrogens (tertiary/aromatic N) is 1. The summed E-state index contributed by atoms with van der Waals surface area (Å²) in [4.78, 5) is 36.7. The largest absolute Gasteiger partial charge is 0.497 e. The number of carbonyl (C=O) groups excluding carboxylic acids is 2. The van der Waals surface area contributed by atoms with Crippen molar-refractivity contribution in [3.63, 3.8) is 0 Å². The first-order valence-corrected chi connectivity index (χ1v) is 11.4. The van der Waals surface area contributed by atoms with Crippen LogP contribution in [0.25, 0.3) is 16.5 Å². The first-order valence-electron chi connectivity index (χ1n) is 11.4. The average Bonchev–Trinajstić information content (AvgIpc) is 3.46. The number of ketones is 1. The molecule has 4 rings (SSSR count). The van der Waals surface area contributed by atoms with E-state index in [1.54, 1.807) is 49.6 Å². The molecule has 0 saturated heterocycles. The zero-order valence-electron chi connectivity index (χ0n) is 20.0. The van der Waals surface area contributed by atoms with Crippen molar-refractivity contribution >= 4 is 34.2 Å². The van der Waals surface area contributed by atoms with Crippen LogP contribution in [-0.4, -0.2) is 48.2 Å². The zero-order chi connectivity index (χ0) is 25.1. The van der Waals surface area contributed by atoms with Gasteiger partial charge in [-0.15, -0.1) is 0 Å². The summed E-state index contributed by atoms with van der Waals surface area (Å²) >= 11 is 0. The van der Waals surface area contributed by atoms with Gasteiger partial charge >= 0.3 is 11.9 Å². The topological polar surface area (TPSA) is 107 Å². The molecule has 8 heteroatoms. The summed E-state index contributed by atoms with van der Waals surface area (Å²) in [5.41, 5.74) is 4.87. The molecule has 1 aromatic heterocycles. The van der Waals surface area contributed by atoms with Crippen LogP contribution in [0.15, 0.2) is 48.0 Å². The van der Waals surface area contributed by atoms with Crippen LogP contribution in [0.2, 0.25) is 0 Å². The summed E-state index contributed by atoms with van der Waals surface area (Å²) in [5, 5.41) is 13.6. The van der Waals surface area contributed by atoms with Crippen molar-refractivity contribution in [1.29, 1.82) is 0 Å². The van der Waals surface area contributed by atoms with Gasteiger partial charge in [-0.05, 0) is 61.2 Å². The number of aromatic carboxylic acids is 1. The van der Waals surface area contributed by atoms with Gasteiger partial charge in [0.1, 0.15) is 5.75 Å². The van der Waals surface area contributed by atoms with Gasteiger partial charge in [-0.3, -0.25) is 4.79 Å². The molecule has 0 radical (unpaired) electrons. The molecule has 0 bridgehead atoms. The molecule has 1 aliphatic carbocycles. The number of aryl methyl sites for hydroxylation is 1. The molecule has 0 saturated carbocycles. The quantitative estimate of drug-likeness (QED) is 0.355. The van der Waals surface area contributed by atoms with Crippen LogP contribution in [0.4, 0.5) is 0 Å². The van der Waals surface area contributed by atoms with E-state index in [1.165, 1.54) is 7.11 Å². The molecule has 2 aromatic carbocycles. The second kappa shape index (κ2) is 10.1. The van der Waals surface area contributed by atoms with Crippen LogP contribution < -0.4 is 10.1 Å². The number of fused-ring (bicyclic) bond motifs is 1. The van der Waals surface area contributed by atoms with Crippen LogP contribution in [0.5, 0.6) is 5.75 Å². The summed E-state index contributed by atoms with van der Waals surface area (Å²) in [6.45, 7) is 0.485. The summed E-state index contributed by atoms with van der Waals surface area (Å²) in [6.07, 6.45) is 2.20. The van der Waals surface area contributed by atoms with Crippen LogP contribution in [0.3, 0.4) is 0 Å². The molecule has 1 heterocycles. The fraction of sp³-hybridized carbons (Fsp3) is 0.296. The number of ether oxygens (including phenoxy) is 2. The first-order chi connectivity index (χ1) is 16.8. The number of methoxy groups -OCH3 is 2. The number of hydrogen-bond acceptors (Lipinski definition) is 6. The van der Waals surface area contributed by atoms with Crippen molar-refractivity contribution in [2.75, 3.05) is 20.8 Å². The van der Waals surface area contributed by atoms with E-state index in [2.05, 4.69) is 5.32 Å². The number of carboxylic acids is 1. The number of esters is 1. The Kier molecular flexibility index (Phi) is 7.02. The highest BCUT2D eigenvalue weighted by Gasteiger charge is 2.28. The molecule has 3 aromatic rings. The van der Waals surface area contributed by atoms with Gasteiger partial charge < -0.3 is 24.5 Å². The lowest BCUT2D eigenvalue weighted by Crippen LogP contribution is -2.24. The van der Waals surface area contributed by atoms with Crippen molar-refractivity contribution < 1.29 is 29.0 Å². The second-order valence-corrected chi connectivity index (χ2v) is 8.48. The van der Waals surface area contributed by atoms with Gasteiger partial charge in [0.25, 0.3) is 0 Å². The monoisotopic (exact) mass is 476 g/mol. The van der Waals surface area contributed by atoms with Crippen molar-refractivity contribution in [3.8, 4) is 5.75 Å².